The first-order chi connectivity index (χ1) is 13.2. The summed E-state index contributed by atoms with van der Waals surface area (Å²) < 4.78 is 19.6. The highest BCUT2D eigenvalue weighted by molar-refractivity contribution is 4.82. The van der Waals surface area contributed by atoms with Gasteiger partial charge in [-0.25, -0.2) is 0 Å². The Labute approximate surface area is 168 Å². The molecule has 2 rings (SSSR count). The largest absolute Gasteiger partial charge is 0.350 e. The van der Waals surface area contributed by atoms with Gasteiger partial charge in [-0.05, 0) is 38.5 Å². The summed E-state index contributed by atoms with van der Waals surface area (Å²) in [5.74, 6) is -0.767. The van der Waals surface area contributed by atoms with Crippen LogP contribution in [0, 0.1) is 0 Å². The van der Waals surface area contributed by atoms with Gasteiger partial charge in [0.25, 0.3) is 0 Å². The van der Waals surface area contributed by atoms with Crippen molar-refractivity contribution in [2.24, 2.45) is 0 Å². The number of ether oxygens (including phenoxy) is 3. The van der Waals surface area contributed by atoms with Gasteiger partial charge in [-0.1, -0.05) is 65.2 Å². The van der Waals surface area contributed by atoms with Gasteiger partial charge in [0.15, 0.2) is 11.6 Å². The Hall–Kier alpha value is -0.120. The average molecular weight is 383 g/mol. The molecule has 2 aliphatic rings. The van der Waals surface area contributed by atoms with Gasteiger partial charge < -0.3 is 14.2 Å². The second-order valence-corrected chi connectivity index (χ2v) is 8.86. The molecule has 0 aromatic heterocycles. The summed E-state index contributed by atoms with van der Waals surface area (Å²) in [6, 6.07) is 0. The Morgan fingerprint density at radius 2 is 1.04 bits per heavy atom. The summed E-state index contributed by atoms with van der Waals surface area (Å²) >= 11 is 0. The fourth-order valence-corrected chi connectivity index (χ4v) is 4.65. The maximum absolute atomic E-state index is 6.88. The van der Waals surface area contributed by atoms with Crippen LogP contribution in [-0.2, 0) is 14.2 Å². The average Bonchev–Trinajstić information content (AvgIpc) is 2.69. The molecule has 160 valence electrons. The molecule has 0 aromatic rings. The highest BCUT2D eigenvalue weighted by atomic mass is 16.8. The molecular formula is C24H46O3. The van der Waals surface area contributed by atoms with Crippen molar-refractivity contribution in [2.45, 2.75) is 141 Å². The Balaban J connectivity index is 1.92. The molecule has 2 atom stereocenters. The zero-order valence-electron chi connectivity index (χ0n) is 18.4. The SMILES string of the molecule is CCCCCCCC1(OC2(CCCCCCC)CCCCO2)CCCCO1. The van der Waals surface area contributed by atoms with Crippen LogP contribution in [0.15, 0.2) is 0 Å². The normalized spacial score (nSPS) is 29.1. The minimum atomic E-state index is -0.384. The third-order valence-electron chi connectivity index (χ3n) is 6.33. The Morgan fingerprint density at radius 1 is 0.593 bits per heavy atom. The number of unbranched alkanes of at least 4 members (excludes halogenated alkanes) is 8. The van der Waals surface area contributed by atoms with E-state index in [0.29, 0.717) is 0 Å². The molecule has 2 aliphatic heterocycles. The van der Waals surface area contributed by atoms with E-state index in [1.165, 1.54) is 89.9 Å². The van der Waals surface area contributed by atoms with Gasteiger partial charge in [0.2, 0.25) is 0 Å². The molecule has 0 amide bonds. The van der Waals surface area contributed by atoms with Crippen LogP contribution in [0.3, 0.4) is 0 Å². The lowest BCUT2D eigenvalue weighted by atomic mass is 9.94. The molecule has 27 heavy (non-hydrogen) atoms. The van der Waals surface area contributed by atoms with E-state index in [9.17, 15) is 0 Å². The summed E-state index contributed by atoms with van der Waals surface area (Å²) in [6.45, 7) is 6.25. The molecule has 2 saturated heterocycles. The summed E-state index contributed by atoms with van der Waals surface area (Å²) in [5, 5.41) is 0. The number of hydrogen-bond acceptors (Lipinski definition) is 3. The van der Waals surface area contributed by atoms with Crippen molar-refractivity contribution in [2.75, 3.05) is 13.2 Å². The van der Waals surface area contributed by atoms with E-state index in [1.807, 2.05) is 0 Å². The molecule has 0 aromatic carbocycles. The van der Waals surface area contributed by atoms with Gasteiger partial charge >= 0.3 is 0 Å². The van der Waals surface area contributed by atoms with Crippen molar-refractivity contribution >= 4 is 0 Å². The van der Waals surface area contributed by atoms with Gasteiger partial charge in [-0.15, -0.1) is 0 Å². The zero-order chi connectivity index (χ0) is 19.3. The molecule has 0 saturated carbocycles. The molecule has 0 bridgehead atoms. The van der Waals surface area contributed by atoms with Crippen LogP contribution >= 0.6 is 0 Å². The molecule has 0 N–H and O–H groups in total. The zero-order valence-corrected chi connectivity index (χ0v) is 18.4. The molecule has 0 spiro atoms. The predicted octanol–water partition coefficient (Wildman–Crippen LogP) is 7.52. The van der Waals surface area contributed by atoms with E-state index in [4.69, 9.17) is 14.2 Å². The molecule has 2 fully saturated rings. The quantitative estimate of drug-likeness (QED) is 0.291. The van der Waals surface area contributed by atoms with Gasteiger partial charge in [0, 0.05) is 25.7 Å². The van der Waals surface area contributed by atoms with E-state index in [2.05, 4.69) is 13.8 Å². The van der Waals surface area contributed by atoms with Crippen LogP contribution in [0.2, 0.25) is 0 Å². The molecule has 3 heteroatoms. The number of rotatable bonds is 14. The minimum absolute atomic E-state index is 0.384. The van der Waals surface area contributed by atoms with Crippen molar-refractivity contribution in [3.63, 3.8) is 0 Å². The van der Waals surface area contributed by atoms with E-state index >= 15 is 0 Å². The fourth-order valence-electron chi connectivity index (χ4n) is 4.65. The molecule has 2 unspecified atom stereocenters. The monoisotopic (exact) mass is 382 g/mol. The maximum Gasteiger partial charge on any atom is 0.171 e. The second-order valence-electron chi connectivity index (χ2n) is 8.86. The first-order valence-corrected chi connectivity index (χ1v) is 12.2. The molecule has 0 radical (unpaired) electrons. The van der Waals surface area contributed by atoms with E-state index in [1.54, 1.807) is 0 Å². The lowest BCUT2D eigenvalue weighted by molar-refractivity contribution is -0.380. The highest BCUT2D eigenvalue weighted by Gasteiger charge is 2.44. The van der Waals surface area contributed by atoms with Crippen molar-refractivity contribution < 1.29 is 14.2 Å². The first-order valence-electron chi connectivity index (χ1n) is 12.2. The predicted molar refractivity (Wildman–Crippen MR) is 113 cm³/mol. The molecular weight excluding hydrogens is 336 g/mol. The minimum Gasteiger partial charge on any atom is -0.350 e. The third kappa shape index (κ3) is 8.41. The van der Waals surface area contributed by atoms with Crippen molar-refractivity contribution in [3.8, 4) is 0 Å². The second kappa shape index (κ2) is 13.2. The van der Waals surface area contributed by atoms with Gasteiger partial charge in [-0.3, -0.25) is 0 Å². The standard InChI is InChI=1S/C24H46O3/c1-3-5-7-9-11-17-23(19-13-15-21-25-23)27-24(20-14-16-22-26-24)18-12-10-8-6-4-2/h3-22H2,1-2H3. The van der Waals surface area contributed by atoms with E-state index in [-0.39, 0.29) is 11.6 Å². The maximum atomic E-state index is 6.88. The van der Waals surface area contributed by atoms with Crippen LogP contribution in [0.4, 0.5) is 0 Å². The Bertz CT molecular complexity index is 323. The molecule has 0 aliphatic carbocycles. The lowest BCUT2D eigenvalue weighted by Crippen LogP contribution is -2.51. The number of hydrogen-bond donors (Lipinski definition) is 0. The van der Waals surface area contributed by atoms with Crippen molar-refractivity contribution in [3.05, 3.63) is 0 Å². The Morgan fingerprint density at radius 3 is 1.41 bits per heavy atom. The fraction of sp³-hybridized carbons (Fsp3) is 1.00. The van der Waals surface area contributed by atoms with Gasteiger partial charge in [-0.2, -0.15) is 0 Å². The van der Waals surface area contributed by atoms with E-state index in [0.717, 1.165) is 38.9 Å². The van der Waals surface area contributed by atoms with Crippen LogP contribution in [0.25, 0.3) is 0 Å². The third-order valence-corrected chi connectivity index (χ3v) is 6.33. The molecule has 3 nitrogen and oxygen atoms in total. The van der Waals surface area contributed by atoms with Crippen molar-refractivity contribution in [1.82, 2.24) is 0 Å². The Kier molecular flexibility index (Phi) is 11.3. The topological polar surface area (TPSA) is 27.7 Å². The first kappa shape index (κ1) is 23.2. The molecule has 2 heterocycles. The van der Waals surface area contributed by atoms with Crippen LogP contribution in [0.1, 0.15) is 129 Å². The highest BCUT2D eigenvalue weighted by Crippen LogP contribution is 2.41. The van der Waals surface area contributed by atoms with Crippen LogP contribution in [-0.4, -0.2) is 24.8 Å². The van der Waals surface area contributed by atoms with Gasteiger partial charge in [0.05, 0.1) is 13.2 Å². The summed E-state index contributed by atoms with van der Waals surface area (Å²) in [7, 11) is 0. The summed E-state index contributed by atoms with van der Waals surface area (Å²) in [6.07, 6.45) is 22.0. The van der Waals surface area contributed by atoms with Crippen molar-refractivity contribution in [1.29, 1.82) is 0 Å². The summed E-state index contributed by atoms with van der Waals surface area (Å²) in [5.41, 5.74) is 0. The van der Waals surface area contributed by atoms with Crippen LogP contribution < -0.4 is 0 Å². The lowest BCUT2D eigenvalue weighted by Gasteiger charge is -2.47. The van der Waals surface area contributed by atoms with E-state index < -0.39 is 0 Å². The van der Waals surface area contributed by atoms with Gasteiger partial charge in [0.1, 0.15) is 0 Å². The smallest absolute Gasteiger partial charge is 0.171 e. The summed E-state index contributed by atoms with van der Waals surface area (Å²) in [4.78, 5) is 0. The van der Waals surface area contributed by atoms with Crippen LogP contribution in [0.5, 0.6) is 0 Å².